The minimum atomic E-state index is -3.57. The topological polar surface area (TPSA) is 116 Å². The van der Waals surface area contributed by atoms with Gasteiger partial charge in [-0.15, -0.1) is 0 Å². The summed E-state index contributed by atoms with van der Waals surface area (Å²) in [5.74, 6) is -1.81. The van der Waals surface area contributed by atoms with Crippen LogP contribution in [-0.4, -0.2) is 37.2 Å². The van der Waals surface area contributed by atoms with E-state index in [4.69, 9.17) is 10.5 Å². The molecule has 2 heterocycles. The Bertz CT molecular complexity index is 1850. The van der Waals surface area contributed by atoms with Crippen LogP contribution >= 0.6 is 0 Å². The molecule has 5 rings (SSSR count). The number of ether oxygens (including phenoxy) is 1. The first-order valence-electron chi connectivity index (χ1n) is 11.6. The zero-order valence-corrected chi connectivity index (χ0v) is 21.6. The predicted molar refractivity (Wildman–Crippen MR) is 145 cm³/mol. The van der Waals surface area contributed by atoms with Crippen molar-refractivity contribution in [3.63, 3.8) is 0 Å². The van der Waals surface area contributed by atoms with Gasteiger partial charge in [-0.2, -0.15) is 0 Å². The molecule has 3 aromatic carbocycles. The number of rotatable bonds is 7. The third kappa shape index (κ3) is 5.30. The van der Waals surface area contributed by atoms with E-state index in [-0.39, 0.29) is 16.9 Å². The molecular formula is C28H22F2N4O4S. The summed E-state index contributed by atoms with van der Waals surface area (Å²) in [7, 11) is -2.08. The van der Waals surface area contributed by atoms with Gasteiger partial charge in [0.05, 0.1) is 24.6 Å². The number of anilines is 1. The van der Waals surface area contributed by atoms with Crippen molar-refractivity contribution in [3.8, 4) is 33.8 Å². The lowest BCUT2D eigenvalue weighted by atomic mass is 9.98. The lowest BCUT2D eigenvalue weighted by Gasteiger charge is -2.15. The Morgan fingerprint density at radius 2 is 1.72 bits per heavy atom. The molecule has 0 saturated heterocycles. The molecule has 198 valence electrons. The molecule has 0 bridgehead atoms. The number of sulfonamides is 1. The van der Waals surface area contributed by atoms with Gasteiger partial charge >= 0.3 is 0 Å². The number of carbonyl (C=O) groups excluding carboxylic acids is 1. The van der Waals surface area contributed by atoms with Crippen molar-refractivity contribution in [2.45, 2.75) is 0 Å². The zero-order chi connectivity index (χ0) is 27.9. The summed E-state index contributed by atoms with van der Waals surface area (Å²) in [6.07, 6.45) is 2.61. The molecule has 0 spiro atoms. The van der Waals surface area contributed by atoms with Crippen LogP contribution in [0.1, 0.15) is 10.5 Å². The fraction of sp³-hybridized carbons (Fsp3) is 0.0714. The Morgan fingerprint density at radius 1 is 0.949 bits per heavy atom. The van der Waals surface area contributed by atoms with Crippen LogP contribution in [0, 0.1) is 11.6 Å². The largest absolute Gasteiger partial charge is 0.481 e. The monoisotopic (exact) mass is 548 g/mol. The molecule has 0 aliphatic heterocycles. The van der Waals surface area contributed by atoms with Gasteiger partial charge in [0.2, 0.25) is 15.9 Å². The van der Waals surface area contributed by atoms with Crippen LogP contribution in [-0.2, 0) is 10.0 Å². The van der Waals surface area contributed by atoms with Gasteiger partial charge in [0.1, 0.15) is 17.3 Å². The number of nitrogens with two attached hydrogens (primary N) is 1. The van der Waals surface area contributed by atoms with E-state index in [9.17, 15) is 22.0 Å². The highest BCUT2D eigenvalue weighted by Crippen LogP contribution is 2.35. The quantitative estimate of drug-likeness (QED) is 0.293. The normalized spacial score (nSPS) is 11.5. The van der Waals surface area contributed by atoms with E-state index >= 15 is 0 Å². The van der Waals surface area contributed by atoms with Crippen LogP contribution in [0.25, 0.3) is 38.8 Å². The molecule has 0 atom stereocenters. The summed E-state index contributed by atoms with van der Waals surface area (Å²) in [5, 5.41) is 0.619. The first-order chi connectivity index (χ1) is 18.5. The van der Waals surface area contributed by atoms with Crippen molar-refractivity contribution < 1.29 is 26.7 Å². The van der Waals surface area contributed by atoms with Crippen LogP contribution in [0.15, 0.2) is 79.0 Å². The highest BCUT2D eigenvalue weighted by molar-refractivity contribution is 7.92. The maximum absolute atomic E-state index is 14.9. The van der Waals surface area contributed by atoms with Crippen molar-refractivity contribution in [2.24, 2.45) is 5.73 Å². The number of hydrogen-bond donors (Lipinski definition) is 2. The van der Waals surface area contributed by atoms with Gasteiger partial charge in [0, 0.05) is 40.5 Å². The van der Waals surface area contributed by atoms with E-state index in [2.05, 4.69) is 9.71 Å². The fourth-order valence-corrected chi connectivity index (χ4v) is 4.95. The predicted octanol–water partition coefficient (Wildman–Crippen LogP) is 5.12. The number of fused-ring (bicyclic) bond motifs is 1. The maximum atomic E-state index is 14.9. The smallest absolute Gasteiger partial charge is 0.265 e. The highest BCUT2D eigenvalue weighted by atomic mass is 32.2. The molecule has 3 N–H and O–H groups in total. The summed E-state index contributed by atoms with van der Waals surface area (Å²) in [6, 6.07) is 18.2. The van der Waals surface area contributed by atoms with E-state index in [1.807, 2.05) is 0 Å². The summed E-state index contributed by atoms with van der Waals surface area (Å²) in [4.78, 5) is 16.8. The average molecular weight is 549 g/mol. The van der Waals surface area contributed by atoms with Crippen LogP contribution in [0.2, 0.25) is 0 Å². The molecule has 8 nitrogen and oxygen atoms in total. The second kappa shape index (κ2) is 9.84. The van der Waals surface area contributed by atoms with E-state index < -0.39 is 27.6 Å². The summed E-state index contributed by atoms with van der Waals surface area (Å²) < 4.78 is 61.4. The maximum Gasteiger partial charge on any atom is 0.265 e. The average Bonchev–Trinajstić information content (AvgIpc) is 3.27. The van der Waals surface area contributed by atoms with Crippen LogP contribution in [0.3, 0.4) is 0 Å². The molecule has 2 aromatic heterocycles. The SMILES string of the molecule is COc1ccc(-c2cc(-c3ccc(F)cc3F)cc(-n3c(C(N)=O)cc4ccc(NS(C)(=O)=O)cc43)c2)cn1. The van der Waals surface area contributed by atoms with E-state index in [1.165, 1.54) is 13.2 Å². The van der Waals surface area contributed by atoms with Crippen molar-refractivity contribution in [1.82, 2.24) is 9.55 Å². The van der Waals surface area contributed by atoms with Crippen molar-refractivity contribution in [3.05, 3.63) is 96.3 Å². The number of hydrogen-bond acceptors (Lipinski definition) is 5. The number of methoxy groups -OCH3 is 1. The number of amides is 1. The van der Waals surface area contributed by atoms with Gasteiger partial charge < -0.3 is 15.0 Å². The lowest BCUT2D eigenvalue weighted by molar-refractivity contribution is 0.0994. The number of primary amides is 1. The number of pyridine rings is 1. The highest BCUT2D eigenvalue weighted by Gasteiger charge is 2.19. The van der Waals surface area contributed by atoms with Crippen molar-refractivity contribution in [2.75, 3.05) is 18.1 Å². The molecule has 39 heavy (non-hydrogen) atoms. The lowest BCUT2D eigenvalue weighted by Crippen LogP contribution is -2.16. The molecule has 11 heteroatoms. The molecule has 0 fully saturated rings. The molecule has 0 radical (unpaired) electrons. The number of nitrogens with zero attached hydrogens (tertiary/aromatic N) is 2. The molecule has 0 saturated carbocycles. The molecule has 0 aliphatic carbocycles. The van der Waals surface area contributed by atoms with E-state index in [1.54, 1.807) is 65.4 Å². The number of nitrogens with one attached hydrogen (secondary N) is 1. The number of halogens is 2. The van der Waals surface area contributed by atoms with Gasteiger partial charge in [-0.3, -0.25) is 9.52 Å². The molecule has 0 aliphatic rings. The summed E-state index contributed by atoms with van der Waals surface area (Å²) >= 11 is 0. The first-order valence-corrected chi connectivity index (χ1v) is 13.5. The minimum absolute atomic E-state index is 0.122. The second-order valence-electron chi connectivity index (χ2n) is 8.86. The van der Waals surface area contributed by atoms with Crippen LogP contribution in [0.5, 0.6) is 5.88 Å². The Hall–Kier alpha value is -4.77. The van der Waals surface area contributed by atoms with Gasteiger partial charge in [0.15, 0.2) is 0 Å². The van der Waals surface area contributed by atoms with E-state index in [0.717, 1.165) is 18.4 Å². The Morgan fingerprint density at radius 3 is 2.36 bits per heavy atom. The van der Waals surface area contributed by atoms with Crippen LogP contribution < -0.4 is 15.2 Å². The molecule has 0 unspecified atom stereocenters. The number of aromatic nitrogens is 2. The number of carbonyl (C=O) groups is 1. The first kappa shape index (κ1) is 25.9. The van der Waals surface area contributed by atoms with Crippen LogP contribution in [0.4, 0.5) is 14.5 Å². The van der Waals surface area contributed by atoms with Gasteiger partial charge in [-0.05, 0) is 65.7 Å². The Kier molecular flexibility index (Phi) is 6.52. The Labute approximate surface area is 222 Å². The number of benzene rings is 3. The molecule has 1 amide bonds. The second-order valence-corrected chi connectivity index (χ2v) is 10.6. The fourth-order valence-electron chi connectivity index (χ4n) is 4.40. The molecule has 5 aromatic rings. The summed E-state index contributed by atoms with van der Waals surface area (Å²) in [5.41, 5.74) is 8.86. The third-order valence-corrected chi connectivity index (χ3v) is 6.66. The standard InChI is InChI=1S/C28H22F2N4O4S/c1-38-27-8-4-17(15-32-27)18-9-19(23-7-5-20(29)13-24(23)30)11-22(10-18)34-25-14-21(33-39(2,36)37)6-3-16(25)12-26(34)28(31)35/h3-15,33H,1-2H3,(H2,31,35). The summed E-state index contributed by atoms with van der Waals surface area (Å²) in [6.45, 7) is 0. The van der Waals surface area contributed by atoms with Gasteiger partial charge in [-0.1, -0.05) is 6.07 Å². The molecular weight excluding hydrogens is 526 g/mol. The van der Waals surface area contributed by atoms with Crippen molar-refractivity contribution in [1.29, 1.82) is 0 Å². The van der Waals surface area contributed by atoms with Gasteiger partial charge in [0.25, 0.3) is 5.91 Å². The third-order valence-electron chi connectivity index (χ3n) is 6.06. The van der Waals surface area contributed by atoms with Gasteiger partial charge in [-0.25, -0.2) is 22.2 Å². The van der Waals surface area contributed by atoms with Crippen molar-refractivity contribution >= 4 is 32.5 Å². The zero-order valence-electron chi connectivity index (χ0n) is 20.8. The minimum Gasteiger partial charge on any atom is -0.481 e. The van der Waals surface area contributed by atoms with E-state index in [0.29, 0.717) is 39.2 Å². The Balaban J connectivity index is 1.80.